The van der Waals surface area contributed by atoms with Gasteiger partial charge in [0, 0.05) is 19.3 Å². The minimum Gasteiger partial charge on any atom is -0.394 e. The normalized spacial score (nSPS) is 22.1. The first-order valence-electron chi connectivity index (χ1n) is 7.88. The molecule has 0 spiro atoms. The summed E-state index contributed by atoms with van der Waals surface area (Å²) in [6.45, 7) is 4.85. The van der Waals surface area contributed by atoms with Gasteiger partial charge in [-0.15, -0.1) is 0 Å². The molecule has 2 atom stereocenters. The molecule has 0 radical (unpaired) electrons. The molecule has 0 aromatic heterocycles. The monoisotopic (exact) mass is 305 g/mol. The highest BCUT2D eigenvalue weighted by Crippen LogP contribution is 2.28. The maximum Gasteiger partial charge on any atom is 0.243 e. The van der Waals surface area contributed by atoms with E-state index in [0.29, 0.717) is 6.42 Å². The molecule has 0 aliphatic carbocycles. The van der Waals surface area contributed by atoms with E-state index in [1.165, 1.54) is 5.56 Å². The Kier molecular flexibility index (Phi) is 5.42. The van der Waals surface area contributed by atoms with Gasteiger partial charge in [-0.3, -0.25) is 4.79 Å². The van der Waals surface area contributed by atoms with Crippen LogP contribution in [0.5, 0.6) is 0 Å². The highest BCUT2D eigenvalue weighted by Gasteiger charge is 2.32. The van der Waals surface area contributed by atoms with E-state index in [4.69, 9.17) is 0 Å². The third kappa shape index (κ3) is 3.42. The Morgan fingerprint density at radius 2 is 2.18 bits per heavy atom. The van der Waals surface area contributed by atoms with Gasteiger partial charge in [-0.25, -0.2) is 0 Å². The summed E-state index contributed by atoms with van der Waals surface area (Å²) in [4.78, 5) is 14.6. The second kappa shape index (κ2) is 7.11. The summed E-state index contributed by atoms with van der Waals surface area (Å²) < 4.78 is 0. The van der Waals surface area contributed by atoms with Crippen LogP contribution < -0.4 is 15.5 Å². The van der Waals surface area contributed by atoms with E-state index in [9.17, 15) is 9.90 Å². The predicted molar refractivity (Wildman–Crippen MR) is 89.0 cm³/mol. The molecule has 0 saturated carbocycles. The number of hydrogen-bond acceptors (Lipinski definition) is 4. The summed E-state index contributed by atoms with van der Waals surface area (Å²) in [6, 6.07) is 5.89. The lowest BCUT2D eigenvalue weighted by atomic mass is 9.94. The van der Waals surface area contributed by atoms with E-state index in [1.54, 1.807) is 0 Å². The van der Waals surface area contributed by atoms with Crippen molar-refractivity contribution >= 4 is 11.6 Å². The predicted octanol–water partition coefficient (Wildman–Crippen LogP) is 0.900. The van der Waals surface area contributed by atoms with Crippen molar-refractivity contribution in [3.05, 3.63) is 29.3 Å². The van der Waals surface area contributed by atoms with Crippen molar-refractivity contribution in [3.8, 4) is 0 Å². The molecule has 0 saturated heterocycles. The molecule has 5 nitrogen and oxygen atoms in total. The number of amides is 1. The minimum absolute atomic E-state index is 0.0128. The van der Waals surface area contributed by atoms with E-state index >= 15 is 0 Å². The smallest absolute Gasteiger partial charge is 0.243 e. The molecule has 3 N–H and O–H groups in total. The zero-order valence-corrected chi connectivity index (χ0v) is 13.9. The standard InChI is InChI=1S/C17H27N3O2/c1-11(2)16-17(22)19-14(10-21)8-13-6-5-12(9-18-3)7-15(13)20(16)4/h5-7,11,14,16,18,21H,8-10H2,1-4H3,(H,19,22)/t14-,16-/m1/s1. The number of nitrogens with one attached hydrogen (secondary N) is 2. The Hall–Kier alpha value is -1.59. The third-order valence-electron chi connectivity index (χ3n) is 4.26. The number of carbonyl (C=O) groups excluding carboxylic acids is 1. The highest BCUT2D eigenvalue weighted by atomic mass is 16.3. The second-order valence-corrected chi connectivity index (χ2v) is 6.39. The molecule has 1 aliphatic heterocycles. The van der Waals surface area contributed by atoms with Gasteiger partial charge < -0.3 is 20.6 Å². The molecule has 1 aliphatic rings. The van der Waals surface area contributed by atoms with Crippen LogP contribution in [0.1, 0.15) is 25.0 Å². The molecule has 1 aromatic carbocycles. The number of nitrogens with zero attached hydrogens (tertiary/aromatic N) is 1. The fourth-order valence-electron chi connectivity index (χ4n) is 3.21. The first-order valence-corrected chi connectivity index (χ1v) is 7.88. The number of carbonyl (C=O) groups is 1. The Labute approximate surface area is 132 Å². The van der Waals surface area contributed by atoms with Crippen LogP contribution in [-0.2, 0) is 17.8 Å². The minimum atomic E-state index is -0.238. The molecule has 122 valence electrons. The Bertz CT molecular complexity index is 531. The number of anilines is 1. The van der Waals surface area contributed by atoms with Gasteiger partial charge in [0.1, 0.15) is 6.04 Å². The van der Waals surface area contributed by atoms with Crippen molar-refractivity contribution in [2.24, 2.45) is 5.92 Å². The van der Waals surface area contributed by atoms with Gasteiger partial charge in [0.25, 0.3) is 0 Å². The first kappa shape index (κ1) is 16.8. The number of likely N-dealkylation sites (N-methyl/N-ethyl adjacent to an activating group) is 1. The SMILES string of the molecule is CNCc1ccc2c(c1)N(C)[C@H](C(C)C)C(=O)N[C@@H](CO)C2. The van der Waals surface area contributed by atoms with Crippen molar-refractivity contribution < 1.29 is 9.90 Å². The third-order valence-corrected chi connectivity index (χ3v) is 4.26. The van der Waals surface area contributed by atoms with Crippen LogP contribution in [0, 0.1) is 5.92 Å². The van der Waals surface area contributed by atoms with E-state index in [-0.39, 0.29) is 30.5 Å². The average Bonchev–Trinajstić information content (AvgIpc) is 2.46. The Balaban J connectivity index is 2.47. The topological polar surface area (TPSA) is 64.6 Å². The van der Waals surface area contributed by atoms with Crippen LogP contribution in [-0.4, -0.2) is 43.8 Å². The van der Waals surface area contributed by atoms with Crippen molar-refractivity contribution in [3.63, 3.8) is 0 Å². The van der Waals surface area contributed by atoms with Crippen LogP contribution in [0.4, 0.5) is 5.69 Å². The Morgan fingerprint density at radius 1 is 1.45 bits per heavy atom. The molecule has 2 rings (SSSR count). The number of benzene rings is 1. The zero-order valence-electron chi connectivity index (χ0n) is 13.9. The number of rotatable bonds is 4. The molecule has 22 heavy (non-hydrogen) atoms. The molecule has 1 amide bonds. The molecule has 0 bridgehead atoms. The lowest BCUT2D eigenvalue weighted by molar-refractivity contribution is -0.124. The maximum absolute atomic E-state index is 12.5. The fraction of sp³-hybridized carbons (Fsp3) is 0.588. The van der Waals surface area contributed by atoms with Crippen molar-refractivity contribution in [1.82, 2.24) is 10.6 Å². The summed E-state index contributed by atoms with van der Waals surface area (Å²) in [7, 11) is 3.90. The number of fused-ring (bicyclic) bond motifs is 1. The van der Waals surface area contributed by atoms with Crippen LogP contribution in [0.3, 0.4) is 0 Å². The largest absolute Gasteiger partial charge is 0.394 e. The molecule has 0 unspecified atom stereocenters. The van der Waals surface area contributed by atoms with Gasteiger partial charge in [0.15, 0.2) is 0 Å². The quantitative estimate of drug-likeness (QED) is 0.773. The van der Waals surface area contributed by atoms with E-state index in [1.807, 2.05) is 27.9 Å². The van der Waals surface area contributed by atoms with Crippen LogP contribution in [0.2, 0.25) is 0 Å². The van der Waals surface area contributed by atoms with Gasteiger partial charge in [-0.1, -0.05) is 26.0 Å². The molecular formula is C17H27N3O2. The highest BCUT2D eigenvalue weighted by molar-refractivity contribution is 5.86. The van der Waals surface area contributed by atoms with Crippen molar-refractivity contribution in [2.45, 2.75) is 38.9 Å². The fourth-order valence-corrected chi connectivity index (χ4v) is 3.21. The lowest BCUT2D eigenvalue weighted by Gasteiger charge is -2.37. The molecule has 5 heteroatoms. The summed E-state index contributed by atoms with van der Waals surface area (Å²) in [6.07, 6.45) is 0.645. The lowest BCUT2D eigenvalue weighted by Crippen LogP contribution is -2.54. The first-order chi connectivity index (χ1) is 10.5. The zero-order chi connectivity index (χ0) is 16.3. The van der Waals surface area contributed by atoms with E-state index in [0.717, 1.165) is 17.8 Å². The second-order valence-electron chi connectivity index (χ2n) is 6.39. The van der Waals surface area contributed by atoms with E-state index < -0.39 is 0 Å². The van der Waals surface area contributed by atoms with Gasteiger partial charge >= 0.3 is 0 Å². The molecule has 0 fully saturated rings. The van der Waals surface area contributed by atoms with E-state index in [2.05, 4.69) is 33.7 Å². The van der Waals surface area contributed by atoms with Crippen molar-refractivity contribution in [2.75, 3.05) is 25.6 Å². The van der Waals surface area contributed by atoms with Gasteiger partial charge in [0.05, 0.1) is 12.6 Å². The summed E-state index contributed by atoms with van der Waals surface area (Å²) >= 11 is 0. The van der Waals surface area contributed by atoms with Gasteiger partial charge in [0.2, 0.25) is 5.91 Å². The van der Waals surface area contributed by atoms with Crippen LogP contribution in [0.15, 0.2) is 18.2 Å². The summed E-state index contributed by atoms with van der Waals surface area (Å²) in [5.74, 6) is 0.171. The average molecular weight is 305 g/mol. The number of aliphatic hydroxyl groups excluding tert-OH is 1. The Morgan fingerprint density at radius 3 is 2.77 bits per heavy atom. The van der Waals surface area contributed by atoms with Crippen LogP contribution >= 0.6 is 0 Å². The van der Waals surface area contributed by atoms with Crippen molar-refractivity contribution in [1.29, 1.82) is 0 Å². The van der Waals surface area contributed by atoms with Gasteiger partial charge in [-0.2, -0.15) is 0 Å². The summed E-state index contributed by atoms with van der Waals surface area (Å²) in [5, 5.41) is 15.7. The molecule has 1 heterocycles. The van der Waals surface area contributed by atoms with Crippen LogP contribution in [0.25, 0.3) is 0 Å². The maximum atomic E-state index is 12.5. The number of aliphatic hydroxyl groups is 1. The van der Waals surface area contributed by atoms with Gasteiger partial charge in [-0.05, 0) is 36.6 Å². The number of hydrogen-bond donors (Lipinski definition) is 3. The molecular weight excluding hydrogens is 278 g/mol. The summed E-state index contributed by atoms with van der Waals surface area (Å²) in [5.41, 5.74) is 3.43. The molecule has 1 aromatic rings.